The van der Waals surface area contributed by atoms with Crippen molar-refractivity contribution in [3.05, 3.63) is 47.7 Å². The Labute approximate surface area is 135 Å². The SMILES string of the molecule is O=C(O)c1cc(OCc2ccccc2)n(CC2CCCCC2)n1. The molecule has 0 radical (unpaired) electrons. The molecule has 1 saturated carbocycles. The molecule has 1 aliphatic carbocycles. The van der Waals surface area contributed by atoms with Crippen LogP contribution in [0.15, 0.2) is 36.4 Å². The maximum Gasteiger partial charge on any atom is 0.356 e. The van der Waals surface area contributed by atoms with Crippen LogP contribution < -0.4 is 4.74 Å². The summed E-state index contributed by atoms with van der Waals surface area (Å²) in [5, 5.41) is 13.4. The third kappa shape index (κ3) is 4.12. The largest absolute Gasteiger partial charge is 0.476 e. The van der Waals surface area contributed by atoms with Crippen LogP contribution in [0.25, 0.3) is 0 Å². The summed E-state index contributed by atoms with van der Waals surface area (Å²) in [7, 11) is 0. The van der Waals surface area contributed by atoms with Crippen LogP contribution in [0, 0.1) is 5.92 Å². The van der Waals surface area contributed by atoms with Gasteiger partial charge in [0.05, 0.1) is 0 Å². The molecule has 2 aromatic rings. The minimum atomic E-state index is -1.02. The Morgan fingerprint density at radius 2 is 1.96 bits per heavy atom. The van der Waals surface area contributed by atoms with E-state index in [1.54, 1.807) is 4.68 Å². The fourth-order valence-corrected chi connectivity index (χ4v) is 3.10. The zero-order chi connectivity index (χ0) is 16.1. The van der Waals surface area contributed by atoms with Crippen molar-refractivity contribution in [2.75, 3.05) is 0 Å². The van der Waals surface area contributed by atoms with Crippen LogP contribution in [0.5, 0.6) is 5.88 Å². The van der Waals surface area contributed by atoms with Gasteiger partial charge in [-0.25, -0.2) is 9.48 Å². The zero-order valence-corrected chi connectivity index (χ0v) is 13.1. The van der Waals surface area contributed by atoms with E-state index in [1.807, 2.05) is 30.3 Å². The van der Waals surface area contributed by atoms with Crippen molar-refractivity contribution in [3.8, 4) is 5.88 Å². The Balaban J connectivity index is 1.72. The van der Waals surface area contributed by atoms with E-state index < -0.39 is 5.97 Å². The van der Waals surface area contributed by atoms with Gasteiger partial charge in [-0.2, -0.15) is 5.10 Å². The lowest BCUT2D eigenvalue weighted by molar-refractivity contribution is 0.0689. The van der Waals surface area contributed by atoms with Gasteiger partial charge in [-0.05, 0) is 24.3 Å². The molecule has 0 atom stereocenters. The first-order valence-electron chi connectivity index (χ1n) is 8.20. The maximum atomic E-state index is 11.2. The molecule has 1 aromatic carbocycles. The summed E-state index contributed by atoms with van der Waals surface area (Å²) in [5.74, 6) is 0.0816. The van der Waals surface area contributed by atoms with Crippen LogP contribution in [0.3, 0.4) is 0 Å². The number of carbonyl (C=O) groups is 1. The Morgan fingerprint density at radius 1 is 1.22 bits per heavy atom. The first-order chi connectivity index (χ1) is 11.2. The van der Waals surface area contributed by atoms with Crippen molar-refractivity contribution in [3.63, 3.8) is 0 Å². The van der Waals surface area contributed by atoms with E-state index >= 15 is 0 Å². The standard InChI is InChI=1S/C18H22N2O3/c21-18(22)16-11-17(23-13-15-9-5-2-6-10-15)20(19-16)12-14-7-3-1-4-8-14/h2,5-6,9-11,14H,1,3-4,7-8,12-13H2,(H,21,22). The lowest BCUT2D eigenvalue weighted by atomic mass is 9.89. The van der Waals surface area contributed by atoms with Crippen LogP contribution in [-0.4, -0.2) is 20.9 Å². The lowest BCUT2D eigenvalue weighted by Crippen LogP contribution is -2.16. The minimum Gasteiger partial charge on any atom is -0.476 e. The molecule has 0 aliphatic heterocycles. The molecule has 1 aromatic heterocycles. The predicted molar refractivity (Wildman–Crippen MR) is 86.5 cm³/mol. The number of rotatable bonds is 6. The molecular formula is C18H22N2O3. The number of carboxylic acid groups (broad SMARTS) is 1. The number of benzene rings is 1. The highest BCUT2D eigenvalue weighted by atomic mass is 16.5. The summed E-state index contributed by atoms with van der Waals surface area (Å²) < 4.78 is 7.56. The molecule has 0 unspecified atom stereocenters. The molecule has 23 heavy (non-hydrogen) atoms. The molecule has 1 heterocycles. The van der Waals surface area contributed by atoms with Gasteiger partial charge < -0.3 is 9.84 Å². The average molecular weight is 314 g/mol. The molecule has 0 saturated heterocycles. The highest BCUT2D eigenvalue weighted by Gasteiger charge is 2.19. The van der Waals surface area contributed by atoms with Crippen LogP contribution >= 0.6 is 0 Å². The Hall–Kier alpha value is -2.30. The molecule has 3 rings (SSSR count). The number of aromatic carboxylic acids is 1. The molecular weight excluding hydrogens is 292 g/mol. The van der Waals surface area contributed by atoms with Crippen LogP contribution in [0.2, 0.25) is 0 Å². The quantitative estimate of drug-likeness (QED) is 0.882. The highest BCUT2D eigenvalue weighted by molar-refractivity contribution is 5.85. The van der Waals surface area contributed by atoms with Gasteiger partial charge in [0.25, 0.3) is 0 Å². The Kier molecular flexibility index (Phi) is 4.95. The second kappa shape index (κ2) is 7.31. The van der Waals surface area contributed by atoms with Crippen LogP contribution in [-0.2, 0) is 13.2 Å². The smallest absolute Gasteiger partial charge is 0.356 e. The van der Waals surface area contributed by atoms with Gasteiger partial charge in [-0.15, -0.1) is 0 Å². The average Bonchev–Trinajstić information content (AvgIpc) is 2.98. The Morgan fingerprint density at radius 3 is 2.65 bits per heavy atom. The van der Waals surface area contributed by atoms with E-state index in [2.05, 4.69) is 5.10 Å². The summed E-state index contributed by atoms with van der Waals surface area (Å²) in [6, 6.07) is 11.4. The Bertz CT molecular complexity index is 646. The molecule has 5 nitrogen and oxygen atoms in total. The summed E-state index contributed by atoms with van der Waals surface area (Å²) in [6.45, 7) is 1.15. The number of carboxylic acids is 1. The van der Waals surface area contributed by atoms with Gasteiger partial charge in [-0.3, -0.25) is 0 Å². The molecule has 1 N–H and O–H groups in total. The molecule has 5 heteroatoms. The summed E-state index contributed by atoms with van der Waals surface area (Å²) in [6.07, 6.45) is 6.16. The van der Waals surface area contributed by atoms with Gasteiger partial charge in [0.1, 0.15) is 6.61 Å². The molecule has 0 bridgehead atoms. The second-order valence-corrected chi connectivity index (χ2v) is 6.13. The van der Waals surface area contributed by atoms with Crippen LogP contribution in [0.4, 0.5) is 0 Å². The van der Waals surface area contributed by atoms with Gasteiger partial charge in [0.15, 0.2) is 5.69 Å². The third-order valence-electron chi connectivity index (χ3n) is 4.35. The zero-order valence-electron chi connectivity index (χ0n) is 13.1. The van der Waals surface area contributed by atoms with Crippen molar-refractivity contribution in [2.45, 2.75) is 45.3 Å². The lowest BCUT2D eigenvalue weighted by Gasteiger charge is -2.22. The molecule has 122 valence electrons. The van der Waals surface area contributed by atoms with E-state index in [-0.39, 0.29) is 5.69 Å². The highest BCUT2D eigenvalue weighted by Crippen LogP contribution is 2.27. The number of hydrogen-bond acceptors (Lipinski definition) is 3. The second-order valence-electron chi connectivity index (χ2n) is 6.13. The van der Waals surface area contributed by atoms with Crippen molar-refractivity contribution in [1.29, 1.82) is 0 Å². The van der Waals surface area contributed by atoms with Crippen molar-refractivity contribution >= 4 is 5.97 Å². The van der Waals surface area contributed by atoms with E-state index in [9.17, 15) is 9.90 Å². The number of hydrogen-bond donors (Lipinski definition) is 1. The maximum absolute atomic E-state index is 11.2. The van der Waals surface area contributed by atoms with Crippen molar-refractivity contribution in [2.24, 2.45) is 5.92 Å². The van der Waals surface area contributed by atoms with E-state index in [0.29, 0.717) is 18.4 Å². The monoisotopic (exact) mass is 314 g/mol. The summed E-state index contributed by atoms with van der Waals surface area (Å²) in [5.41, 5.74) is 1.10. The molecule has 0 spiro atoms. The summed E-state index contributed by atoms with van der Waals surface area (Å²) in [4.78, 5) is 11.2. The minimum absolute atomic E-state index is 0.0453. The normalized spacial score (nSPS) is 15.5. The first-order valence-corrected chi connectivity index (χ1v) is 8.20. The van der Waals surface area contributed by atoms with Gasteiger partial charge >= 0.3 is 5.97 Å². The van der Waals surface area contributed by atoms with E-state index in [0.717, 1.165) is 12.1 Å². The van der Waals surface area contributed by atoms with Crippen molar-refractivity contribution < 1.29 is 14.6 Å². The number of nitrogens with zero attached hydrogens (tertiary/aromatic N) is 2. The fraction of sp³-hybridized carbons (Fsp3) is 0.444. The molecule has 1 aliphatic rings. The third-order valence-corrected chi connectivity index (χ3v) is 4.35. The topological polar surface area (TPSA) is 64.3 Å². The van der Waals surface area contributed by atoms with Gasteiger partial charge in [0, 0.05) is 12.6 Å². The fourth-order valence-electron chi connectivity index (χ4n) is 3.10. The number of ether oxygens (including phenoxy) is 1. The number of aromatic nitrogens is 2. The summed E-state index contributed by atoms with van der Waals surface area (Å²) >= 11 is 0. The molecule has 0 amide bonds. The van der Waals surface area contributed by atoms with Crippen molar-refractivity contribution in [1.82, 2.24) is 9.78 Å². The van der Waals surface area contributed by atoms with E-state index in [4.69, 9.17) is 4.74 Å². The van der Waals surface area contributed by atoms with Gasteiger partial charge in [-0.1, -0.05) is 49.6 Å². The van der Waals surface area contributed by atoms with E-state index in [1.165, 1.54) is 38.2 Å². The first kappa shape index (κ1) is 15.6. The molecule has 1 fully saturated rings. The van der Waals surface area contributed by atoms with Crippen LogP contribution in [0.1, 0.15) is 48.2 Å². The predicted octanol–water partition coefficient (Wildman–Crippen LogP) is 3.74. The van der Waals surface area contributed by atoms with Gasteiger partial charge in [0.2, 0.25) is 5.88 Å².